The quantitative estimate of drug-likeness (QED) is 0.740. The molecule has 0 spiro atoms. The maximum atomic E-state index is 12.3. The minimum absolute atomic E-state index is 0.0462. The van der Waals surface area contributed by atoms with Crippen molar-refractivity contribution >= 4 is 34.9 Å². The summed E-state index contributed by atoms with van der Waals surface area (Å²) in [5.41, 5.74) is 2.00. The van der Waals surface area contributed by atoms with Crippen LogP contribution in [0, 0.1) is 0 Å². The zero-order valence-corrected chi connectivity index (χ0v) is 15.7. The maximum absolute atomic E-state index is 12.3. The fraction of sp³-hybridized carbons (Fsp3) is 0.250. The van der Waals surface area contributed by atoms with Gasteiger partial charge in [-0.15, -0.1) is 0 Å². The monoisotopic (exact) mass is 382 g/mol. The lowest BCUT2D eigenvalue weighted by Gasteiger charge is -2.18. The minimum atomic E-state index is -0.387. The molecule has 2 aromatic carbocycles. The summed E-state index contributed by atoms with van der Waals surface area (Å²) in [6.45, 7) is 1.83. The van der Waals surface area contributed by atoms with Crippen molar-refractivity contribution in [1.82, 2.24) is 5.32 Å². The van der Waals surface area contributed by atoms with Crippen LogP contribution in [0.25, 0.3) is 0 Å². The fourth-order valence-electron chi connectivity index (χ4n) is 3.01. The van der Waals surface area contributed by atoms with Gasteiger partial charge in [-0.2, -0.15) is 0 Å². The van der Waals surface area contributed by atoms with Crippen molar-refractivity contribution in [3.63, 3.8) is 0 Å². The van der Waals surface area contributed by atoms with E-state index in [1.165, 1.54) is 6.92 Å². The second-order valence-corrected chi connectivity index (χ2v) is 6.46. The molecule has 0 bridgehead atoms. The van der Waals surface area contributed by atoms with Crippen LogP contribution in [0.4, 0.5) is 21.9 Å². The summed E-state index contributed by atoms with van der Waals surface area (Å²) in [6, 6.07) is 13.3. The van der Waals surface area contributed by atoms with Gasteiger partial charge >= 0.3 is 6.03 Å². The Bertz CT molecular complexity index is 865. The van der Waals surface area contributed by atoms with E-state index >= 15 is 0 Å². The molecule has 8 heteroatoms. The van der Waals surface area contributed by atoms with Crippen molar-refractivity contribution in [1.29, 1.82) is 0 Å². The number of urea groups is 1. The van der Waals surface area contributed by atoms with E-state index in [9.17, 15) is 14.4 Å². The van der Waals surface area contributed by atoms with Crippen molar-refractivity contribution in [2.24, 2.45) is 0 Å². The van der Waals surface area contributed by atoms with Gasteiger partial charge < -0.3 is 25.6 Å². The number of carbonyl (C=O) groups excluding carboxylic acids is 3. The maximum Gasteiger partial charge on any atom is 0.319 e. The molecule has 0 saturated carbocycles. The van der Waals surface area contributed by atoms with Crippen molar-refractivity contribution in [3.05, 3.63) is 48.5 Å². The average Bonchev–Trinajstić information content (AvgIpc) is 3.03. The third kappa shape index (κ3) is 4.79. The van der Waals surface area contributed by atoms with Gasteiger partial charge in [-0.3, -0.25) is 9.59 Å². The van der Waals surface area contributed by atoms with Gasteiger partial charge in [0.2, 0.25) is 11.8 Å². The molecule has 1 fully saturated rings. The molecular formula is C20H22N4O4. The number of ether oxygens (including phenoxy) is 1. The molecule has 4 amide bonds. The second-order valence-electron chi connectivity index (χ2n) is 6.46. The third-order valence-corrected chi connectivity index (χ3v) is 4.31. The molecule has 1 aliphatic heterocycles. The Kier molecular flexibility index (Phi) is 5.78. The Morgan fingerprint density at radius 1 is 1.00 bits per heavy atom. The molecule has 0 radical (unpaired) electrons. The minimum Gasteiger partial charge on any atom is -0.497 e. The highest BCUT2D eigenvalue weighted by Crippen LogP contribution is 2.24. The molecule has 146 valence electrons. The number of hydrogen-bond acceptors (Lipinski definition) is 4. The van der Waals surface area contributed by atoms with Crippen molar-refractivity contribution < 1.29 is 19.1 Å². The molecule has 8 nitrogen and oxygen atoms in total. The number of benzene rings is 2. The summed E-state index contributed by atoms with van der Waals surface area (Å²) in [6.07, 6.45) is 0.237. The molecule has 3 N–H and O–H groups in total. The lowest BCUT2D eigenvalue weighted by molar-refractivity contribution is -0.117. The molecule has 3 rings (SSSR count). The standard InChI is InChI=1S/C20H22N4O4/c1-13(25)21-14-3-5-15(6-4-14)22-20(27)23-16-11-19(26)24(12-16)17-7-9-18(28-2)10-8-17/h3-10,16H,11-12H2,1-2H3,(H,21,25)(H2,22,23,27). The van der Waals surface area contributed by atoms with E-state index in [0.717, 1.165) is 5.69 Å². The smallest absolute Gasteiger partial charge is 0.319 e. The molecule has 1 unspecified atom stereocenters. The van der Waals surface area contributed by atoms with Crippen LogP contribution in [0.1, 0.15) is 13.3 Å². The largest absolute Gasteiger partial charge is 0.497 e. The normalized spacial score (nSPS) is 15.9. The Hall–Kier alpha value is -3.55. The zero-order valence-electron chi connectivity index (χ0n) is 15.7. The van der Waals surface area contributed by atoms with E-state index in [1.54, 1.807) is 48.4 Å². The van der Waals surface area contributed by atoms with Crippen LogP contribution in [-0.4, -0.2) is 37.5 Å². The molecule has 2 aromatic rings. The van der Waals surface area contributed by atoms with Gasteiger partial charge in [0.25, 0.3) is 0 Å². The third-order valence-electron chi connectivity index (χ3n) is 4.31. The van der Waals surface area contributed by atoms with E-state index in [4.69, 9.17) is 4.74 Å². The molecule has 1 atom stereocenters. The van der Waals surface area contributed by atoms with Gasteiger partial charge in [0, 0.05) is 37.0 Å². The highest BCUT2D eigenvalue weighted by Gasteiger charge is 2.31. The number of carbonyl (C=O) groups is 3. The lowest BCUT2D eigenvalue weighted by Crippen LogP contribution is -2.39. The Morgan fingerprint density at radius 2 is 1.61 bits per heavy atom. The summed E-state index contributed by atoms with van der Waals surface area (Å²) in [5, 5.41) is 8.20. The average molecular weight is 382 g/mol. The van der Waals surface area contributed by atoms with Crippen LogP contribution in [0.5, 0.6) is 5.75 Å². The molecule has 28 heavy (non-hydrogen) atoms. The van der Waals surface area contributed by atoms with E-state index in [2.05, 4.69) is 16.0 Å². The van der Waals surface area contributed by atoms with Crippen LogP contribution in [0.2, 0.25) is 0 Å². The van der Waals surface area contributed by atoms with Gasteiger partial charge in [0.15, 0.2) is 0 Å². The summed E-state index contributed by atoms with van der Waals surface area (Å²) in [5.74, 6) is 0.509. The molecule has 0 aromatic heterocycles. The lowest BCUT2D eigenvalue weighted by atomic mass is 10.2. The molecule has 0 aliphatic carbocycles. The number of anilines is 3. The molecule has 1 saturated heterocycles. The first-order valence-electron chi connectivity index (χ1n) is 8.84. The Morgan fingerprint density at radius 3 is 2.18 bits per heavy atom. The van der Waals surface area contributed by atoms with E-state index in [0.29, 0.717) is 23.7 Å². The molecular weight excluding hydrogens is 360 g/mol. The van der Waals surface area contributed by atoms with E-state index in [-0.39, 0.29) is 30.3 Å². The number of rotatable bonds is 5. The first-order valence-corrected chi connectivity index (χ1v) is 8.84. The van der Waals surface area contributed by atoms with E-state index in [1.807, 2.05) is 12.1 Å². The Balaban J connectivity index is 1.54. The predicted molar refractivity (Wildman–Crippen MR) is 107 cm³/mol. The van der Waals surface area contributed by atoms with Crippen LogP contribution in [0.15, 0.2) is 48.5 Å². The zero-order chi connectivity index (χ0) is 20.1. The van der Waals surface area contributed by atoms with Crippen LogP contribution in [-0.2, 0) is 9.59 Å². The summed E-state index contributed by atoms with van der Waals surface area (Å²) < 4.78 is 5.13. The molecule has 1 heterocycles. The van der Waals surface area contributed by atoms with Gasteiger partial charge in [-0.25, -0.2) is 4.79 Å². The van der Waals surface area contributed by atoms with Crippen LogP contribution in [0.3, 0.4) is 0 Å². The van der Waals surface area contributed by atoms with Gasteiger partial charge in [-0.05, 0) is 48.5 Å². The summed E-state index contributed by atoms with van der Waals surface area (Å²) >= 11 is 0. The number of nitrogens with one attached hydrogen (secondary N) is 3. The predicted octanol–water partition coefficient (Wildman–Crippen LogP) is 2.58. The van der Waals surface area contributed by atoms with Crippen molar-refractivity contribution in [2.75, 3.05) is 29.2 Å². The van der Waals surface area contributed by atoms with Gasteiger partial charge in [0.1, 0.15) is 5.75 Å². The summed E-state index contributed by atoms with van der Waals surface area (Å²) in [7, 11) is 1.59. The molecule has 1 aliphatic rings. The van der Waals surface area contributed by atoms with Crippen LogP contribution >= 0.6 is 0 Å². The first kappa shape index (κ1) is 19.2. The number of nitrogens with zero attached hydrogens (tertiary/aromatic N) is 1. The SMILES string of the molecule is COc1ccc(N2CC(NC(=O)Nc3ccc(NC(C)=O)cc3)CC2=O)cc1. The van der Waals surface area contributed by atoms with Crippen LogP contribution < -0.4 is 25.6 Å². The summed E-state index contributed by atoms with van der Waals surface area (Å²) in [4.78, 5) is 37.2. The highest BCUT2D eigenvalue weighted by molar-refractivity contribution is 5.97. The van der Waals surface area contributed by atoms with Crippen molar-refractivity contribution in [3.8, 4) is 5.75 Å². The highest BCUT2D eigenvalue weighted by atomic mass is 16.5. The van der Waals surface area contributed by atoms with Gasteiger partial charge in [-0.1, -0.05) is 0 Å². The second kappa shape index (κ2) is 8.43. The topological polar surface area (TPSA) is 99.8 Å². The Labute approximate surface area is 162 Å². The van der Waals surface area contributed by atoms with Crippen molar-refractivity contribution in [2.45, 2.75) is 19.4 Å². The number of hydrogen-bond donors (Lipinski definition) is 3. The first-order chi connectivity index (χ1) is 13.4. The fourth-order valence-corrected chi connectivity index (χ4v) is 3.01. The van der Waals surface area contributed by atoms with E-state index < -0.39 is 0 Å². The number of amides is 4. The van der Waals surface area contributed by atoms with Gasteiger partial charge in [0.05, 0.1) is 13.2 Å². The number of methoxy groups -OCH3 is 1.